The van der Waals surface area contributed by atoms with Crippen LogP contribution in [0, 0.1) is 5.92 Å². The van der Waals surface area contributed by atoms with E-state index in [-0.39, 0.29) is 61.2 Å². The predicted molar refractivity (Wildman–Crippen MR) is 245 cm³/mol. The molecule has 0 saturated carbocycles. The Labute approximate surface area is 367 Å². The van der Waals surface area contributed by atoms with Crippen molar-refractivity contribution in [1.29, 1.82) is 0 Å². The van der Waals surface area contributed by atoms with Crippen LogP contribution in [0.1, 0.15) is 41.2 Å². The third kappa shape index (κ3) is 7.30. The molecule has 3 N–H and O–H groups in total. The van der Waals surface area contributed by atoms with E-state index in [4.69, 9.17) is 21.1 Å². The second-order valence-corrected chi connectivity index (χ2v) is 22.6. The molecule has 1 spiro atoms. The average Bonchev–Trinajstić information content (AvgIpc) is 3.89. The number of halogens is 1. The number of anilines is 2. The van der Waals surface area contributed by atoms with Crippen LogP contribution in [0.3, 0.4) is 0 Å². The number of benzene rings is 5. The van der Waals surface area contributed by atoms with Crippen molar-refractivity contribution in [3.8, 4) is 5.75 Å². The molecule has 1 saturated heterocycles. The molecule has 0 unspecified atom stereocenters. The first-order valence-corrected chi connectivity index (χ1v) is 24.7. The molecule has 12 heteroatoms. The first-order valence-electron chi connectivity index (χ1n) is 21.3. The molecule has 0 bridgehead atoms. The van der Waals surface area contributed by atoms with Gasteiger partial charge < -0.3 is 34.7 Å². The number of aliphatic hydroxyl groups excluding tert-OH is 1. The van der Waals surface area contributed by atoms with Gasteiger partial charge in [0.1, 0.15) is 5.75 Å². The van der Waals surface area contributed by atoms with E-state index in [2.05, 4.69) is 48.5 Å². The van der Waals surface area contributed by atoms with Crippen molar-refractivity contribution in [3.05, 3.63) is 154 Å². The van der Waals surface area contributed by atoms with Crippen LogP contribution in [0.5, 0.6) is 5.75 Å². The molecule has 10 nitrogen and oxygen atoms in total. The monoisotopic (exact) mass is 866 g/mol. The van der Waals surface area contributed by atoms with Crippen molar-refractivity contribution in [1.82, 2.24) is 9.88 Å². The first kappa shape index (κ1) is 41.6. The maximum Gasteiger partial charge on any atom is 0.264 e. The van der Waals surface area contributed by atoms with Gasteiger partial charge in [0, 0.05) is 45.8 Å². The van der Waals surface area contributed by atoms with Gasteiger partial charge in [0.25, 0.3) is 5.91 Å². The van der Waals surface area contributed by atoms with E-state index in [1.807, 2.05) is 97.2 Å². The highest BCUT2D eigenvalue weighted by atomic mass is 35.5. The van der Waals surface area contributed by atoms with Crippen LogP contribution in [0.2, 0.25) is 23.7 Å². The number of aromatic amines is 1. The Balaban J connectivity index is 1.01. The van der Waals surface area contributed by atoms with E-state index in [9.17, 15) is 14.7 Å². The van der Waals surface area contributed by atoms with Crippen LogP contribution < -0.4 is 20.1 Å². The van der Waals surface area contributed by atoms with E-state index in [0.29, 0.717) is 34.9 Å². The Morgan fingerprint density at radius 3 is 2.44 bits per heavy atom. The number of hydrogen-bond donors (Lipinski definition) is 3. The number of methoxy groups -OCH3 is 1. The maximum atomic E-state index is 15.4. The lowest BCUT2D eigenvalue weighted by molar-refractivity contribution is -0.151. The van der Waals surface area contributed by atoms with E-state index in [1.54, 1.807) is 23.0 Å². The summed E-state index contributed by atoms with van der Waals surface area (Å²) in [5.74, 6) is -0.0243. The normalized spacial score (nSPS) is 21.9. The molecule has 3 aliphatic heterocycles. The van der Waals surface area contributed by atoms with Crippen LogP contribution >= 0.6 is 11.6 Å². The molecule has 62 heavy (non-hydrogen) atoms. The molecule has 3 amide bonds. The fourth-order valence-corrected chi connectivity index (χ4v) is 14.7. The summed E-state index contributed by atoms with van der Waals surface area (Å²) in [6.07, 6.45) is 2.11. The van der Waals surface area contributed by atoms with Gasteiger partial charge in [-0.25, -0.2) is 0 Å². The largest absolute Gasteiger partial charge is 0.497 e. The molecule has 1 fully saturated rings. The van der Waals surface area contributed by atoms with Crippen molar-refractivity contribution in [3.63, 3.8) is 0 Å². The molecule has 1 aromatic heterocycles. The van der Waals surface area contributed by atoms with Gasteiger partial charge in [0.2, 0.25) is 11.8 Å². The summed E-state index contributed by atoms with van der Waals surface area (Å²) in [7, 11) is -0.910. The predicted octanol–water partition coefficient (Wildman–Crippen LogP) is 8.11. The molecule has 3 aliphatic rings. The highest BCUT2D eigenvalue weighted by Gasteiger charge is 2.66. The van der Waals surface area contributed by atoms with Gasteiger partial charge >= 0.3 is 0 Å². The first-order chi connectivity index (χ1) is 29.9. The zero-order valence-corrected chi connectivity index (χ0v) is 37.1. The maximum absolute atomic E-state index is 15.4. The smallest absolute Gasteiger partial charge is 0.264 e. The highest BCUT2D eigenvalue weighted by molar-refractivity contribution is 6.91. The number of ether oxygens (including phenoxy) is 2. The number of rotatable bonds is 11. The zero-order valence-electron chi connectivity index (χ0n) is 35.4. The van der Waals surface area contributed by atoms with Gasteiger partial charge in [-0.2, -0.15) is 0 Å². The summed E-state index contributed by atoms with van der Waals surface area (Å²) in [4.78, 5) is 49.9. The third-order valence-corrected chi connectivity index (χ3v) is 18.3. The lowest BCUT2D eigenvalue weighted by Gasteiger charge is -2.39. The van der Waals surface area contributed by atoms with E-state index >= 15 is 4.79 Å². The van der Waals surface area contributed by atoms with Crippen molar-refractivity contribution in [2.24, 2.45) is 5.92 Å². The SMILES string of the molecule is COc1ccc([Si](C)(C)[C@H]2[C@H](CC(=O)N3Cc4ccccc4C[C@H]3CO)O[C@@]3(C(=O)N(Cc4ccc(NC(=O)Cc5c[nH]c6ccccc56)cc4)c4ccc(Cl)cc43)[C@@H]2C)cc1. The molecule has 318 valence electrons. The third-order valence-electron chi connectivity index (χ3n) is 13.7. The Morgan fingerprint density at radius 1 is 0.968 bits per heavy atom. The quantitative estimate of drug-likeness (QED) is 0.113. The van der Waals surface area contributed by atoms with Crippen molar-refractivity contribution in [2.45, 2.75) is 75.7 Å². The van der Waals surface area contributed by atoms with Gasteiger partial charge in [-0.05, 0) is 82.7 Å². The highest BCUT2D eigenvalue weighted by Crippen LogP contribution is 2.60. The second-order valence-electron chi connectivity index (χ2n) is 17.5. The molecule has 0 radical (unpaired) electrons. The van der Waals surface area contributed by atoms with E-state index in [0.717, 1.165) is 44.1 Å². The summed E-state index contributed by atoms with van der Waals surface area (Å²) < 4.78 is 12.8. The Hall–Kier alpha value is -5.72. The van der Waals surface area contributed by atoms with Gasteiger partial charge in [-0.15, -0.1) is 0 Å². The standard InChI is InChI=1S/C50H51ClN4O6Si/c1-31-48(62(3,4)40-20-18-39(60-2)19-21-40)45(26-47(58)54-29-34-10-6-5-9-33(34)23-38(54)30-56)61-50(31)42-25-36(51)15-22-44(42)55(49(50)59)28-32-13-16-37(17-14-32)53-46(57)24-35-27-52-43-12-8-7-11-41(35)43/h5-22,25,27,31,38,45,48,52,56H,23-24,26,28-30H2,1-4H3,(H,53,57)/t31-,38+,45+,48-,50+/m1/s1. The summed E-state index contributed by atoms with van der Waals surface area (Å²) in [5, 5.41) is 16.2. The molecule has 9 rings (SSSR count). The minimum absolute atomic E-state index is 0.0542. The lowest BCUT2D eigenvalue weighted by Crippen LogP contribution is -2.52. The van der Waals surface area contributed by atoms with Crippen LogP contribution in [-0.2, 0) is 50.7 Å². The van der Waals surface area contributed by atoms with E-state index < -0.39 is 19.8 Å². The summed E-state index contributed by atoms with van der Waals surface area (Å²) in [6, 6.07) is 36.8. The van der Waals surface area contributed by atoms with E-state index in [1.165, 1.54) is 0 Å². The number of nitrogens with one attached hydrogen (secondary N) is 2. The summed E-state index contributed by atoms with van der Waals surface area (Å²) >= 11 is 6.76. The van der Waals surface area contributed by atoms with Crippen LogP contribution in [0.4, 0.5) is 11.4 Å². The summed E-state index contributed by atoms with van der Waals surface area (Å²) in [6.45, 7) is 7.18. The fraction of sp³-hybridized carbons (Fsp3) is 0.300. The van der Waals surface area contributed by atoms with Crippen LogP contribution in [0.15, 0.2) is 121 Å². The van der Waals surface area contributed by atoms with Crippen molar-refractivity contribution in [2.75, 3.05) is 23.9 Å². The Bertz CT molecular complexity index is 2670. The lowest BCUT2D eigenvalue weighted by atomic mass is 9.82. The van der Waals surface area contributed by atoms with Crippen LogP contribution in [-0.4, -0.2) is 66.6 Å². The number of aromatic nitrogens is 1. The molecular formula is C50H51ClN4O6Si. The number of amides is 3. The van der Waals surface area contributed by atoms with Gasteiger partial charge in [0.15, 0.2) is 5.60 Å². The number of hydrogen-bond acceptors (Lipinski definition) is 6. The van der Waals surface area contributed by atoms with Crippen LogP contribution in [0.25, 0.3) is 10.9 Å². The number of H-pyrrole nitrogens is 1. The van der Waals surface area contributed by atoms with Crippen molar-refractivity contribution >= 4 is 64.9 Å². The molecule has 4 heterocycles. The number of carbonyl (C=O) groups is 3. The number of aliphatic hydroxyl groups is 1. The molecule has 6 aromatic rings. The molecule has 5 atom stereocenters. The van der Waals surface area contributed by atoms with Gasteiger partial charge in [-0.3, -0.25) is 14.4 Å². The Morgan fingerprint density at radius 2 is 1.69 bits per heavy atom. The second kappa shape index (κ2) is 16.5. The summed E-state index contributed by atoms with van der Waals surface area (Å²) in [5.41, 5.74) is 5.47. The number of fused-ring (bicyclic) bond motifs is 4. The molecular weight excluding hydrogens is 816 g/mol. The number of nitrogens with zero attached hydrogens (tertiary/aromatic N) is 2. The van der Waals surface area contributed by atoms with Crippen molar-refractivity contribution < 1.29 is 29.0 Å². The molecule has 5 aromatic carbocycles. The van der Waals surface area contributed by atoms with Gasteiger partial charge in [-0.1, -0.05) is 104 Å². The number of para-hydroxylation sites is 1. The van der Waals surface area contributed by atoms with Gasteiger partial charge in [0.05, 0.1) is 59.0 Å². The zero-order chi connectivity index (χ0) is 43.3. The molecule has 0 aliphatic carbocycles. The number of carbonyl (C=O) groups excluding carboxylic acids is 3. The average molecular weight is 868 g/mol. The Kier molecular flexibility index (Phi) is 11.1. The minimum atomic E-state index is -2.56. The topological polar surface area (TPSA) is 124 Å². The fourth-order valence-electron chi connectivity index (χ4n) is 10.5. The minimum Gasteiger partial charge on any atom is -0.497 e.